The van der Waals surface area contributed by atoms with Gasteiger partial charge in [0.2, 0.25) is 0 Å². The van der Waals surface area contributed by atoms with Crippen LogP contribution >= 0.6 is 22.7 Å². The largest absolute Gasteiger partial charge is 0.491 e. The van der Waals surface area contributed by atoms with Crippen molar-refractivity contribution in [2.24, 2.45) is 0 Å². The molecule has 0 amide bonds. The Bertz CT molecular complexity index is 2030. The van der Waals surface area contributed by atoms with Gasteiger partial charge < -0.3 is 29.9 Å². The first-order chi connectivity index (χ1) is 24.8. The van der Waals surface area contributed by atoms with E-state index >= 15 is 0 Å². The number of carboxylic acids is 1. The highest BCUT2D eigenvalue weighted by atomic mass is 32.1. The quantitative estimate of drug-likeness (QED) is 0.0881. The van der Waals surface area contributed by atoms with Gasteiger partial charge in [-0.1, -0.05) is 35.3 Å². The second-order valence-corrected chi connectivity index (χ2v) is 14.0. The van der Waals surface area contributed by atoms with Crippen molar-refractivity contribution in [2.75, 3.05) is 63.3 Å². The zero-order valence-corrected chi connectivity index (χ0v) is 29.9. The maximum Gasteiger partial charge on any atom is 0.355 e. The molecular formula is C36H38FN7O5S2. The summed E-state index contributed by atoms with van der Waals surface area (Å²) in [5.74, 6) is 5.78. The highest BCUT2D eigenvalue weighted by molar-refractivity contribution is 7.22. The van der Waals surface area contributed by atoms with Crippen molar-refractivity contribution in [3.63, 3.8) is 0 Å². The lowest BCUT2D eigenvalue weighted by Gasteiger charge is -2.28. The number of likely N-dealkylation sites (N-methyl/N-ethyl adjacent to an activating group) is 1. The standard InChI is InChI=1S/C36H38FN7O5S2/c1-23-25-9-6-16-44(33(25)42-41-32(23)40-35-38-27-10-3-4-11-29(27)50-35)36-39-31(34(46)47)30(51-36)12-7-19-49-28-14-13-24(22-26(28)37)8-5-15-43(2)17-20-48-21-18-45/h3-4,10-11,13-14,22,45H,6-7,9,12,15-21H2,1-2H3,(H,46,47)(H,38,40,41). The Morgan fingerprint density at radius 2 is 2.00 bits per heavy atom. The molecule has 1 aliphatic heterocycles. The van der Waals surface area contributed by atoms with Crippen molar-refractivity contribution in [3.05, 3.63) is 75.5 Å². The van der Waals surface area contributed by atoms with Gasteiger partial charge in [-0.25, -0.2) is 19.2 Å². The van der Waals surface area contributed by atoms with Crippen LogP contribution in [-0.2, 0) is 17.6 Å². The predicted octanol–water partition coefficient (Wildman–Crippen LogP) is 5.82. The molecule has 4 heterocycles. The Morgan fingerprint density at radius 1 is 1.14 bits per heavy atom. The molecule has 15 heteroatoms. The summed E-state index contributed by atoms with van der Waals surface area (Å²) >= 11 is 2.87. The molecule has 0 saturated heterocycles. The maximum atomic E-state index is 14.8. The third-order valence-electron chi connectivity index (χ3n) is 8.20. The SMILES string of the molecule is Cc1c(Nc2nc3ccccc3s2)nnc2c1CCCN2c1nc(C(=O)O)c(CCCOc2ccc(C#CCN(C)CCOCCO)cc2F)s1. The number of benzene rings is 2. The summed E-state index contributed by atoms with van der Waals surface area (Å²) in [6.45, 7) is 4.78. The van der Waals surface area contributed by atoms with Crippen LogP contribution in [0.4, 0.5) is 26.3 Å². The van der Waals surface area contributed by atoms with Gasteiger partial charge in [0, 0.05) is 34.7 Å². The van der Waals surface area contributed by atoms with Gasteiger partial charge in [0.1, 0.15) is 0 Å². The van der Waals surface area contributed by atoms with E-state index in [9.17, 15) is 14.3 Å². The first-order valence-electron chi connectivity index (χ1n) is 16.6. The van der Waals surface area contributed by atoms with Crippen LogP contribution in [0.2, 0.25) is 0 Å². The van der Waals surface area contributed by atoms with Crippen molar-refractivity contribution < 1.29 is 28.9 Å². The van der Waals surface area contributed by atoms with Crippen molar-refractivity contribution in [1.82, 2.24) is 25.1 Å². The molecule has 0 atom stereocenters. The predicted molar refractivity (Wildman–Crippen MR) is 197 cm³/mol. The van der Waals surface area contributed by atoms with Crippen LogP contribution in [0.15, 0.2) is 42.5 Å². The van der Waals surface area contributed by atoms with Gasteiger partial charge in [-0.15, -0.1) is 21.5 Å². The Hall–Kier alpha value is -4.72. The zero-order chi connectivity index (χ0) is 35.7. The molecule has 3 aromatic heterocycles. The van der Waals surface area contributed by atoms with E-state index in [1.165, 1.54) is 17.4 Å². The number of aryl methyl sites for hydroxylation is 1. The number of aromatic nitrogens is 4. The molecule has 0 unspecified atom stereocenters. The fourth-order valence-electron chi connectivity index (χ4n) is 5.56. The second kappa shape index (κ2) is 17.0. The number of aliphatic hydroxyl groups excluding tert-OH is 1. The Balaban J connectivity index is 1.06. The molecule has 0 spiro atoms. The fraction of sp³-hybridized carbons (Fsp3) is 0.361. The smallest absolute Gasteiger partial charge is 0.355 e. The molecule has 0 aliphatic carbocycles. The highest BCUT2D eigenvalue weighted by Crippen LogP contribution is 2.39. The number of halogens is 1. The Kier molecular flexibility index (Phi) is 12.0. The molecule has 0 bridgehead atoms. The number of thiazole rings is 2. The molecule has 0 radical (unpaired) electrons. The van der Waals surface area contributed by atoms with Crippen molar-refractivity contribution in [3.8, 4) is 17.6 Å². The summed E-state index contributed by atoms with van der Waals surface area (Å²) in [5, 5.41) is 32.4. The normalized spacial score (nSPS) is 12.5. The molecule has 5 aromatic rings. The van der Waals surface area contributed by atoms with E-state index < -0.39 is 11.8 Å². The lowest BCUT2D eigenvalue weighted by atomic mass is 10.0. The summed E-state index contributed by atoms with van der Waals surface area (Å²) < 4.78 is 26.8. The number of ether oxygens (including phenoxy) is 2. The van der Waals surface area contributed by atoms with E-state index in [1.54, 1.807) is 23.5 Å². The van der Waals surface area contributed by atoms with Crippen LogP contribution in [0.3, 0.4) is 0 Å². The minimum atomic E-state index is -1.10. The number of carboxylic acid groups (broad SMARTS) is 1. The van der Waals surface area contributed by atoms with Crippen LogP contribution in [0.5, 0.6) is 5.75 Å². The van der Waals surface area contributed by atoms with Crippen molar-refractivity contribution in [1.29, 1.82) is 0 Å². The Morgan fingerprint density at radius 3 is 2.80 bits per heavy atom. The highest BCUT2D eigenvalue weighted by Gasteiger charge is 2.28. The number of aromatic carboxylic acids is 1. The van der Waals surface area contributed by atoms with Crippen LogP contribution in [0.25, 0.3) is 10.2 Å². The molecule has 2 aromatic carbocycles. The summed E-state index contributed by atoms with van der Waals surface area (Å²) in [6.07, 6.45) is 2.53. The van der Waals surface area contributed by atoms with Crippen molar-refractivity contribution in [2.45, 2.75) is 32.6 Å². The average molecular weight is 732 g/mol. The molecule has 3 N–H and O–H groups in total. The van der Waals surface area contributed by atoms with Gasteiger partial charge in [-0.3, -0.25) is 4.90 Å². The average Bonchev–Trinajstić information content (AvgIpc) is 3.74. The molecule has 1 aliphatic rings. The minimum Gasteiger partial charge on any atom is -0.491 e. The first kappa shape index (κ1) is 36.1. The third kappa shape index (κ3) is 8.96. The van der Waals surface area contributed by atoms with E-state index in [1.807, 2.05) is 48.0 Å². The summed E-state index contributed by atoms with van der Waals surface area (Å²) in [5.41, 5.74) is 3.45. The lowest BCUT2D eigenvalue weighted by molar-refractivity contribution is 0.0690. The lowest BCUT2D eigenvalue weighted by Crippen LogP contribution is -2.27. The molecular weight excluding hydrogens is 694 g/mol. The number of hydrogen-bond donors (Lipinski definition) is 3. The number of aliphatic hydroxyl groups is 1. The van der Waals surface area contributed by atoms with Crippen molar-refractivity contribution >= 4 is 60.8 Å². The third-order valence-corrected chi connectivity index (χ3v) is 10.3. The molecule has 51 heavy (non-hydrogen) atoms. The zero-order valence-electron chi connectivity index (χ0n) is 28.3. The van der Waals surface area contributed by atoms with Gasteiger partial charge in [0.05, 0.1) is 43.2 Å². The number of rotatable bonds is 15. The number of carbonyl (C=O) groups is 1. The second-order valence-electron chi connectivity index (χ2n) is 11.9. The molecule has 266 valence electrons. The topological polar surface area (TPSA) is 146 Å². The maximum absolute atomic E-state index is 14.8. The van der Waals surface area contributed by atoms with Gasteiger partial charge in [-0.05, 0) is 70.0 Å². The molecule has 0 saturated carbocycles. The van der Waals surface area contributed by atoms with E-state index in [2.05, 4.69) is 37.3 Å². The van der Waals surface area contributed by atoms with Gasteiger partial charge >= 0.3 is 5.97 Å². The van der Waals surface area contributed by atoms with E-state index in [0.29, 0.717) is 72.9 Å². The van der Waals surface area contributed by atoms with Crippen LogP contribution in [-0.4, -0.2) is 94.4 Å². The first-order valence-corrected chi connectivity index (χ1v) is 18.2. The summed E-state index contributed by atoms with van der Waals surface area (Å²) in [7, 11) is 1.91. The number of anilines is 4. The molecule has 6 rings (SSSR count). The molecule has 0 fully saturated rings. The van der Waals surface area contributed by atoms with E-state index in [0.717, 1.165) is 39.3 Å². The monoisotopic (exact) mass is 731 g/mol. The van der Waals surface area contributed by atoms with Gasteiger partial charge in [0.25, 0.3) is 0 Å². The summed E-state index contributed by atoms with van der Waals surface area (Å²) in [6, 6.07) is 12.5. The number of fused-ring (bicyclic) bond motifs is 2. The van der Waals surface area contributed by atoms with Crippen LogP contribution < -0.4 is 15.0 Å². The van der Waals surface area contributed by atoms with Crippen LogP contribution in [0, 0.1) is 24.6 Å². The number of nitrogens with zero attached hydrogens (tertiary/aromatic N) is 6. The fourth-order valence-corrected chi connectivity index (χ4v) is 7.54. The van der Waals surface area contributed by atoms with Gasteiger partial charge in [-0.2, -0.15) is 0 Å². The number of hydrogen-bond acceptors (Lipinski definition) is 13. The number of nitrogens with one attached hydrogen (secondary N) is 1. The van der Waals surface area contributed by atoms with Gasteiger partial charge in [0.15, 0.2) is 39.2 Å². The van der Waals surface area contributed by atoms with Crippen LogP contribution in [0.1, 0.15) is 44.9 Å². The summed E-state index contributed by atoms with van der Waals surface area (Å²) in [4.78, 5) is 25.9. The van der Waals surface area contributed by atoms with E-state index in [-0.39, 0.29) is 24.7 Å². The molecule has 12 nitrogen and oxygen atoms in total. The number of para-hydroxylation sites is 1. The Labute approximate surface area is 302 Å². The minimum absolute atomic E-state index is 0.00151. The van der Waals surface area contributed by atoms with E-state index in [4.69, 9.17) is 14.6 Å².